The van der Waals surface area contributed by atoms with E-state index in [9.17, 15) is 47.9 Å². The Bertz CT molecular complexity index is 1440. The fourth-order valence-electron chi connectivity index (χ4n) is 4.73. The van der Waals surface area contributed by atoms with Crippen molar-refractivity contribution in [1.82, 2.24) is 5.32 Å². The van der Waals surface area contributed by atoms with Gasteiger partial charge in [-0.15, -0.1) is 12.4 Å². The van der Waals surface area contributed by atoms with Gasteiger partial charge in [0.1, 0.15) is 22.2 Å². The van der Waals surface area contributed by atoms with Gasteiger partial charge in [-0.05, 0) is 54.9 Å². The van der Waals surface area contributed by atoms with Crippen LogP contribution in [0.25, 0.3) is 0 Å². The zero-order valence-electron chi connectivity index (χ0n) is 20.6. The van der Waals surface area contributed by atoms with Crippen LogP contribution >= 0.6 is 12.4 Å². The predicted molar refractivity (Wildman–Crippen MR) is 131 cm³/mol. The van der Waals surface area contributed by atoms with E-state index in [4.69, 9.17) is 0 Å². The summed E-state index contributed by atoms with van der Waals surface area (Å²) in [4.78, 5) is -0.295. The quantitative estimate of drug-likeness (QED) is 0.232. The molecule has 0 aromatic heterocycles. The Hall–Kier alpha value is -2.81. The molecule has 4 rings (SSSR count). The second-order valence-corrected chi connectivity index (χ2v) is 11.4. The first-order chi connectivity index (χ1) is 18.6. The average Bonchev–Trinajstić information content (AvgIpc) is 3.37. The number of hydrogen-bond donors (Lipinski definition) is 1. The van der Waals surface area contributed by atoms with Gasteiger partial charge in [0.15, 0.2) is 9.84 Å². The molecule has 1 fully saturated rings. The fraction of sp³-hybridized carbons (Fsp3) is 0.308. The third-order valence-corrected chi connectivity index (χ3v) is 9.37. The van der Waals surface area contributed by atoms with Crippen LogP contribution in [0.3, 0.4) is 0 Å². The lowest BCUT2D eigenvalue weighted by atomic mass is 9.88. The molecule has 1 aliphatic heterocycles. The molecule has 224 valence electrons. The molecule has 1 N–H and O–H groups in total. The molecule has 0 aliphatic carbocycles. The highest BCUT2D eigenvalue weighted by Gasteiger charge is 2.73. The molecule has 1 atom stereocenters. The number of alkyl halides is 6. The SMILES string of the molecule is Cl.O=S(=O)(c1ccc(F)cc1)[C@@]1(c2ccc(C(OCc3c(F)cccc3F)(C(F)(F)F)C(F)(F)F)cc2)CCNC1. The van der Waals surface area contributed by atoms with Crippen LogP contribution in [0.2, 0.25) is 0 Å². The molecule has 0 amide bonds. The van der Waals surface area contributed by atoms with Gasteiger partial charge in [-0.3, -0.25) is 0 Å². The molecule has 1 saturated heterocycles. The second kappa shape index (κ2) is 11.5. The maximum absolute atomic E-state index is 14.2. The van der Waals surface area contributed by atoms with E-state index >= 15 is 0 Å². The molecule has 15 heteroatoms. The summed E-state index contributed by atoms with van der Waals surface area (Å²) in [5.74, 6) is -3.53. The van der Waals surface area contributed by atoms with Crippen LogP contribution in [0.1, 0.15) is 23.1 Å². The van der Waals surface area contributed by atoms with Gasteiger partial charge in [-0.25, -0.2) is 21.6 Å². The summed E-state index contributed by atoms with van der Waals surface area (Å²) < 4.78 is 156. The van der Waals surface area contributed by atoms with Gasteiger partial charge in [0, 0.05) is 17.7 Å². The van der Waals surface area contributed by atoms with Crippen LogP contribution in [0.15, 0.2) is 71.6 Å². The molecule has 3 aromatic rings. The number of hydrogen-bond acceptors (Lipinski definition) is 4. The van der Waals surface area contributed by atoms with E-state index in [1.54, 1.807) is 0 Å². The number of rotatable bonds is 7. The zero-order chi connectivity index (χ0) is 29.6. The van der Waals surface area contributed by atoms with E-state index in [1.807, 2.05) is 0 Å². The Labute approximate surface area is 234 Å². The molecular formula is C26H21ClF9NO3S. The van der Waals surface area contributed by atoms with Gasteiger partial charge in [0.05, 0.1) is 11.5 Å². The fourth-order valence-corrected chi connectivity index (χ4v) is 6.79. The highest BCUT2D eigenvalue weighted by Crippen LogP contribution is 2.54. The number of halogens is 10. The lowest BCUT2D eigenvalue weighted by Crippen LogP contribution is -2.56. The summed E-state index contributed by atoms with van der Waals surface area (Å²) in [5.41, 5.74) is -7.75. The lowest BCUT2D eigenvalue weighted by Gasteiger charge is -2.38. The van der Waals surface area contributed by atoms with Crippen molar-refractivity contribution in [3.63, 3.8) is 0 Å². The Balaban J connectivity index is 0.00000462. The van der Waals surface area contributed by atoms with Crippen molar-refractivity contribution < 1.29 is 52.7 Å². The Kier molecular flexibility index (Phi) is 9.14. The first kappa shape index (κ1) is 32.7. The van der Waals surface area contributed by atoms with Gasteiger partial charge in [0.2, 0.25) is 0 Å². The van der Waals surface area contributed by atoms with Gasteiger partial charge in [-0.2, -0.15) is 26.3 Å². The summed E-state index contributed by atoms with van der Waals surface area (Å²) in [5, 5.41) is 2.83. The molecule has 41 heavy (non-hydrogen) atoms. The Morgan fingerprint density at radius 1 is 0.805 bits per heavy atom. The minimum atomic E-state index is -6.15. The highest BCUT2D eigenvalue weighted by atomic mass is 35.5. The lowest BCUT2D eigenvalue weighted by molar-refractivity contribution is -0.392. The van der Waals surface area contributed by atoms with E-state index in [1.165, 1.54) is 0 Å². The van der Waals surface area contributed by atoms with Crippen LogP contribution in [0, 0.1) is 17.5 Å². The monoisotopic (exact) mass is 633 g/mol. The summed E-state index contributed by atoms with van der Waals surface area (Å²) in [6.45, 7) is -1.78. The van der Waals surface area contributed by atoms with Crippen molar-refractivity contribution in [3.8, 4) is 0 Å². The standard InChI is InChI=1S/C26H20F9NO3S.ClH/c27-18-8-10-19(11-9-18)40(37,38)23(12-13-36-15-23)16-4-6-17(7-5-16)24(25(30,31)32,26(33,34)35)39-14-20-21(28)2-1-3-22(20)29;/h1-11,36H,12-15H2;1H/t23-;/m0./s1. The topological polar surface area (TPSA) is 55.4 Å². The number of sulfone groups is 1. The Morgan fingerprint density at radius 3 is 1.80 bits per heavy atom. The molecule has 1 heterocycles. The first-order valence-electron chi connectivity index (χ1n) is 11.6. The molecule has 0 radical (unpaired) electrons. The molecule has 1 aliphatic rings. The normalized spacial score (nSPS) is 18.3. The number of ether oxygens (including phenoxy) is 1. The average molecular weight is 634 g/mol. The van der Waals surface area contributed by atoms with Crippen LogP contribution in [0.5, 0.6) is 0 Å². The van der Waals surface area contributed by atoms with E-state index in [-0.39, 0.29) is 42.4 Å². The van der Waals surface area contributed by atoms with Gasteiger partial charge >= 0.3 is 12.4 Å². The smallest absolute Gasteiger partial charge is 0.349 e. The summed E-state index contributed by atoms with van der Waals surface area (Å²) >= 11 is 0. The molecule has 0 spiro atoms. The van der Waals surface area contributed by atoms with E-state index in [0.717, 1.165) is 42.5 Å². The molecular weight excluding hydrogens is 613 g/mol. The van der Waals surface area contributed by atoms with Crippen molar-refractivity contribution in [2.45, 2.75) is 40.6 Å². The van der Waals surface area contributed by atoms with E-state index in [0.29, 0.717) is 24.3 Å². The van der Waals surface area contributed by atoms with Gasteiger partial charge < -0.3 is 10.1 Å². The van der Waals surface area contributed by atoms with Gasteiger partial charge in [-0.1, -0.05) is 30.3 Å². The summed E-state index contributed by atoms with van der Waals surface area (Å²) in [6.07, 6.45) is -12.4. The largest absolute Gasteiger partial charge is 0.430 e. The highest BCUT2D eigenvalue weighted by molar-refractivity contribution is 7.92. The van der Waals surface area contributed by atoms with Crippen LogP contribution in [-0.4, -0.2) is 33.9 Å². The minimum absolute atomic E-state index is 0. The molecule has 4 nitrogen and oxygen atoms in total. The minimum Gasteiger partial charge on any atom is -0.349 e. The van der Waals surface area contributed by atoms with Crippen molar-refractivity contribution in [1.29, 1.82) is 0 Å². The maximum Gasteiger partial charge on any atom is 0.430 e. The van der Waals surface area contributed by atoms with Crippen LogP contribution in [0.4, 0.5) is 39.5 Å². The van der Waals surface area contributed by atoms with Crippen molar-refractivity contribution in [2.24, 2.45) is 0 Å². The van der Waals surface area contributed by atoms with E-state index in [2.05, 4.69) is 10.1 Å². The third-order valence-electron chi connectivity index (χ3n) is 6.87. The van der Waals surface area contributed by atoms with Crippen molar-refractivity contribution in [3.05, 3.63) is 101 Å². The summed E-state index contributed by atoms with van der Waals surface area (Å²) in [6, 6.07) is 8.47. The second-order valence-electron chi connectivity index (χ2n) is 9.12. The first-order valence-corrected chi connectivity index (χ1v) is 13.1. The maximum atomic E-state index is 14.2. The predicted octanol–water partition coefficient (Wildman–Crippen LogP) is 6.72. The van der Waals surface area contributed by atoms with Crippen LogP contribution < -0.4 is 5.32 Å². The van der Waals surface area contributed by atoms with Crippen LogP contribution in [-0.2, 0) is 31.5 Å². The molecule has 0 saturated carbocycles. The van der Waals surface area contributed by atoms with E-state index < -0.39 is 67.7 Å². The number of nitrogens with one attached hydrogen (secondary N) is 1. The number of benzene rings is 3. The summed E-state index contributed by atoms with van der Waals surface area (Å²) in [7, 11) is -4.32. The van der Waals surface area contributed by atoms with Gasteiger partial charge in [0.25, 0.3) is 5.60 Å². The molecule has 0 unspecified atom stereocenters. The van der Waals surface area contributed by atoms with Crippen molar-refractivity contribution in [2.75, 3.05) is 13.1 Å². The molecule has 3 aromatic carbocycles. The Morgan fingerprint density at radius 2 is 1.34 bits per heavy atom. The third kappa shape index (κ3) is 5.54. The zero-order valence-corrected chi connectivity index (χ0v) is 22.3. The molecule has 0 bridgehead atoms. The van der Waals surface area contributed by atoms with Crippen molar-refractivity contribution >= 4 is 22.2 Å².